The average molecular weight is 270 g/mol. The molecular formula is C14H26N2O3. The van der Waals surface area contributed by atoms with Crippen molar-refractivity contribution in [1.29, 1.82) is 0 Å². The highest BCUT2D eigenvalue weighted by molar-refractivity contribution is 5.82. The number of aliphatic hydroxyl groups is 1. The maximum atomic E-state index is 12.4. The Morgan fingerprint density at radius 2 is 2.21 bits per heavy atom. The molecule has 1 amide bonds. The predicted octanol–water partition coefficient (Wildman–Crippen LogP) is 0.422. The van der Waals surface area contributed by atoms with E-state index >= 15 is 0 Å². The van der Waals surface area contributed by atoms with Crippen molar-refractivity contribution in [2.45, 2.75) is 50.6 Å². The molecule has 5 heteroatoms. The molecular weight excluding hydrogens is 244 g/mol. The minimum Gasteiger partial charge on any atom is -0.394 e. The van der Waals surface area contributed by atoms with E-state index in [1.165, 1.54) is 0 Å². The summed E-state index contributed by atoms with van der Waals surface area (Å²) < 4.78 is 5.31. The molecule has 0 saturated carbocycles. The van der Waals surface area contributed by atoms with E-state index in [2.05, 4.69) is 17.6 Å². The van der Waals surface area contributed by atoms with Crippen LogP contribution in [0.5, 0.6) is 0 Å². The van der Waals surface area contributed by atoms with E-state index in [1.807, 2.05) is 0 Å². The first-order valence-corrected chi connectivity index (χ1v) is 7.43. The Bertz CT molecular complexity index is 303. The van der Waals surface area contributed by atoms with Crippen LogP contribution >= 0.6 is 0 Å². The number of amides is 1. The van der Waals surface area contributed by atoms with Gasteiger partial charge in [-0.25, -0.2) is 0 Å². The van der Waals surface area contributed by atoms with Crippen molar-refractivity contribution in [3.63, 3.8) is 0 Å². The summed E-state index contributed by atoms with van der Waals surface area (Å²) >= 11 is 0. The Morgan fingerprint density at radius 3 is 2.84 bits per heavy atom. The zero-order chi connectivity index (χ0) is 13.7. The lowest BCUT2D eigenvalue weighted by Gasteiger charge is -2.38. The zero-order valence-electron chi connectivity index (χ0n) is 11.8. The molecule has 0 bridgehead atoms. The highest BCUT2D eigenvalue weighted by atomic mass is 16.5. The topological polar surface area (TPSA) is 70.6 Å². The molecule has 2 fully saturated rings. The first-order chi connectivity index (χ1) is 9.19. The molecule has 0 radical (unpaired) electrons. The Balaban J connectivity index is 1.91. The number of piperidine rings is 1. The third kappa shape index (κ3) is 3.68. The van der Waals surface area contributed by atoms with Crippen LogP contribution in [0.3, 0.4) is 0 Å². The van der Waals surface area contributed by atoms with Gasteiger partial charge >= 0.3 is 0 Å². The molecule has 3 N–H and O–H groups in total. The van der Waals surface area contributed by atoms with E-state index in [9.17, 15) is 9.90 Å². The van der Waals surface area contributed by atoms with Gasteiger partial charge in [0.25, 0.3) is 0 Å². The minimum atomic E-state index is -0.476. The van der Waals surface area contributed by atoms with E-state index < -0.39 is 5.54 Å². The number of nitrogens with one attached hydrogen (secondary N) is 2. The molecule has 2 unspecified atom stereocenters. The molecule has 2 atom stereocenters. The van der Waals surface area contributed by atoms with Gasteiger partial charge in [-0.15, -0.1) is 0 Å². The SMILES string of the molecule is CCC1CCNC(C(=O)NC2(CO)CCOCC2)C1. The first kappa shape index (κ1) is 14.8. The molecule has 0 aromatic rings. The maximum absolute atomic E-state index is 12.4. The zero-order valence-corrected chi connectivity index (χ0v) is 11.8. The molecule has 2 rings (SSSR count). The highest BCUT2D eigenvalue weighted by Gasteiger charge is 2.36. The Labute approximate surface area is 115 Å². The summed E-state index contributed by atoms with van der Waals surface area (Å²) in [5, 5.41) is 16.0. The molecule has 2 aliphatic rings. The van der Waals surface area contributed by atoms with E-state index in [-0.39, 0.29) is 18.6 Å². The lowest BCUT2D eigenvalue weighted by Crippen LogP contribution is -2.59. The van der Waals surface area contributed by atoms with Crippen LogP contribution in [0.15, 0.2) is 0 Å². The summed E-state index contributed by atoms with van der Waals surface area (Å²) in [5.41, 5.74) is -0.476. The molecule has 110 valence electrons. The number of hydrogen-bond donors (Lipinski definition) is 3. The van der Waals surface area contributed by atoms with Crippen LogP contribution in [0.25, 0.3) is 0 Å². The molecule has 2 saturated heterocycles. The highest BCUT2D eigenvalue weighted by Crippen LogP contribution is 2.23. The Kier molecular flexibility index (Phi) is 5.19. The number of aliphatic hydroxyl groups excluding tert-OH is 1. The molecule has 0 spiro atoms. The average Bonchev–Trinajstić information content (AvgIpc) is 2.48. The number of carbonyl (C=O) groups excluding carboxylic acids is 1. The third-order valence-electron chi connectivity index (χ3n) is 4.55. The van der Waals surface area contributed by atoms with Gasteiger partial charge in [0.15, 0.2) is 0 Å². The first-order valence-electron chi connectivity index (χ1n) is 7.43. The van der Waals surface area contributed by atoms with Crippen LogP contribution in [-0.4, -0.2) is 49.0 Å². The van der Waals surface area contributed by atoms with Gasteiger partial charge in [-0.1, -0.05) is 13.3 Å². The lowest BCUT2D eigenvalue weighted by atomic mass is 9.87. The summed E-state index contributed by atoms with van der Waals surface area (Å²) in [4.78, 5) is 12.4. The second-order valence-corrected chi connectivity index (χ2v) is 5.85. The van der Waals surface area contributed by atoms with Gasteiger partial charge in [0, 0.05) is 13.2 Å². The summed E-state index contributed by atoms with van der Waals surface area (Å²) in [7, 11) is 0. The van der Waals surface area contributed by atoms with Gasteiger partial charge < -0.3 is 20.5 Å². The van der Waals surface area contributed by atoms with Crippen LogP contribution in [0.1, 0.15) is 39.0 Å². The van der Waals surface area contributed by atoms with Gasteiger partial charge in [0.1, 0.15) is 0 Å². The quantitative estimate of drug-likeness (QED) is 0.692. The fraction of sp³-hybridized carbons (Fsp3) is 0.929. The molecule has 2 aliphatic heterocycles. The Hall–Kier alpha value is -0.650. The van der Waals surface area contributed by atoms with Crippen molar-refractivity contribution in [3.05, 3.63) is 0 Å². The second-order valence-electron chi connectivity index (χ2n) is 5.85. The lowest BCUT2D eigenvalue weighted by molar-refractivity contribution is -0.128. The van der Waals surface area contributed by atoms with Crippen LogP contribution in [-0.2, 0) is 9.53 Å². The molecule has 0 aromatic heterocycles. The minimum absolute atomic E-state index is 0.00791. The number of hydrogen-bond acceptors (Lipinski definition) is 4. The van der Waals surface area contributed by atoms with Gasteiger partial charge in [0.2, 0.25) is 5.91 Å². The van der Waals surface area contributed by atoms with Crippen LogP contribution in [0.4, 0.5) is 0 Å². The van der Waals surface area contributed by atoms with Crippen molar-refractivity contribution in [2.24, 2.45) is 5.92 Å². The van der Waals surface area contributed by atoms with Gasteiger partial charge in [-0.05, 0) is 38.1 Å². The fourth-order valence-corrected chi connectivity index (χ4v) is 3.00. The summed E-state index contributed by atoms with van der Waals surface area (Å²) in [6.45, 7) is 4.30. The summed E-state index contributed by atoms with van der Waals surface area (Å²) in [6, 6.07) is -0.107. The third-order valence-corrected chi connectivity index (χ3v) is 4.55. The standard InChI is InChI=1S/C14H26N2O3/c1-2-11-3-6-15-12(9-11)13(18)16-14(10-17)4-7-19-8-5-14/h11-12,15,17H,2-10H2,1H3,(H,16,18). The van der Waals surface area contributed by atoms with E-state index in [0.29, 0.717) is 32.0 Å². The van der Waals surface area contributed by atoms with E-state index in [1.54, 1.807) is 0 Å². The van der Waals surface area contributed by atoms with E-state index in [4.69, 9.17) is 4.74 Å². The Morgan fingerprint density at radius 1 is 1.47 bits per heavy atom. The van der Waals surface area contributed by atoms with Crippen molar-refractivity contribution >= 4 is 5.91 Å². The number of rotatable bonds is 4. The van der Waals surface area contributed by atoms with Gasteiger partial charge in [-0.2, -0.15) is 0 Å². The maximum Gasteiger partial charge on any atom is 0.237 e. The normalized spacial score (nSPS) is 30.8. The van der Waals surface area contributed by atoms with E-state index in [0.717, 1.165) is 25.8 Å². The van der Waals surface area contributed by atoms with Crippen molar-refractivity contribution < 1.29 is 14.6 Å². The van der Waals surface area contributed by atoms with Crippen LogP contribution in [0, 0.1) is 5.92 Å². The van der Waals surface area contributed by atoms with Crippen molar-refractivity contribution in [2.75, 3.05) is 26.4 Å². The van der Waals surface area contributed by atoms with Crippen LogP contribution < -0.4 is 10.6 Å². The monoisotopic (exact) mass is 270 g/mol. The summed E-state index contributed by atoms with van der Waals surface area (Å²) in [6.07, 6.45) is 4.57. The van der Waals surface area contributed by atoms with Gasteiger partial charge in [0.05, 0.1) is 18.2 Å². The smallest absolute Gasteiger partial charge is 0.237 e. The predicted molar refractivity (Wildman–Crippen MR) is 72.8 cm³/mol. The second kappa shape index (κ2) is 6.68. The summed E-state index contributed by atoms with van der Waals surface area (Å²) in [5.74, 6) is 0.672. The fourth-order valence-electron chi connectivity index (χ4n) is 3.00. The molecule has 2 heterocycles. The van der Waals surface area contributed by atoms with Gasteiger partial charge in [-0.3, -0.25) is 4.79 Å². The molecule has 19 heavy (non-hydrogen) atoms. The number of ether oxygens (including phenoxy) is 1. The molecule has 5 nitrogen and oxygen atoms in total. The molecule has 0 aliphatic carbocycles. The van der Waals surface area contributed by atoms with Crippen LogP contribution in [0.2, 0.25) is 0 Å². The molecule has 0 aromatic carbocycles. The van der Waals surface area contributed by atoms with Crippen molar-refractivity contribution in [3.8, 4) is 0 Å². The number of carbonyl (C=O) groups is 1. The largest absolute Gasteiger partial charge is 0.394 e. The van der Waals surface area contributed by atoms with Crippen molar-refractivity contribution in [1.82, 2.24) is 10.6 Å².